The standard InChI is InChI=1S/C26H29N5O4/c1-15-5-12-20(27-14-15)29-26(34)24-23(22-19(35-24)11-6-16(2)28-22)30-25(33)17-7-9-18(10-8-17)31-13-3-4-21(31)32/h5-6,11-12,14,17-18H,3-4,7-10,13H2,1-2H3,(H,30,33)(H,27,29,34). The molecule has 4 heterocycles. The van der Waals surface area contributed by atoms with Crippen molar-refractivity contribution in [1.29, 1.82) is 0 Å². The van der Waals surface area contributed by atoms with Crippen molar-refractivity contribution in [1.82, 2.24) is 14.9 Å². The van der Waals surface area contributed by atoms with E-state index in [1.54, 1.807) is 24.4 Å². The molecule has 0 bridgehead atoms. The Morgan fingerprint density at radius 2 is 1.86 bits per heavy atom. The van der Waals surface area contributed by atoms with Crippen molar-refractivity contribution in [3.05, 3.63) is 47.5 Å². The van der Waals surface area contributed by atoms with Crippen molar-refractivity contribution in [2.75, 3.05) is 17.2 Å². The maximum atomic E-state index is 13.3. The summed E-state index contributed by atoms with van der Waals surface area (Å²) in [6.07, 6.45) is 6.20. The highest BCUT2D eigenvalue weighted by molar-refractivity contribution is 6.13. The summed E-state index contributed by atoms with van der Waals surface area (Å²) in [5.41, 5.74) is 2.86. The van der Waals surface area contributed by atoms with E-state index in [0.717, 1.165) is 37.1 Å². The van der Waals surface area contributed by atoms with E-state index in [4.69, 9.17) is 4.42 Å². The fourth-order valence-electron chi connectivity index (χ4n) is 4.99. The monoisotopic (exact) mass is 475 g/mol. The number of aromatic nitrogens is 2. The van der Waals surface area contributed by atoms with Gasteiger partial charge in [0.25, 0.3) is 5.91 Å². The summed E-state index contributed by atoms with van der Waals surface area (Å²) in [6.45, 7) is 4.57. The van der Waals surface area contributed by atoms with Crippen LogP contribution in [0.5, 0.6) is 0 Å². The Kier molecular flexibility index (Phi) is 6.23. The molecular formula is C26H29N5O4. The van der Waals surface area contributed by atoms with Crippen molar-refractivity contribution in [2.24, 2.45) is 5.92 Å². The molecule has 2 aliphatic rings. The number of fused-ring (bicyclic) bond motifs is 1. The molecule has 3 aromatic rings. The molecule has 2 fully saturated rings. The molecular weight excluding hydrogens is 446 g/mol. The summed E-state index contributed by atoms with van der Waals surface area (Å²) in [5, 5.41) is 5.68. The Bertz CT molecular complexity index is 1270. The van der Waals surface area contributed by atoms with Crippen LogP contribution in [0.3, 0.4) is 0 Å². The van der Waals surface area contributed by atoms with Crippen molar-refractivity contribution < 1.29 is 18.8 Å². The topological polar surface area (TPSA) is 117 Å². The smallest absolute Gasteiger partial charge is 0.294 e. The van der Waals surface area contributed by atoms with Gasteiger partial charge in [0.1, 0.15) is 17.0 Å². The Morgan fingerprint density at radius 3 is 2.54 bits per heavy atom. The summed E-state index contributed by atoms with van der Waals surface area (Å²) in [4.78, 5) is 49.1. The van der Waals surface area contributed by atoms with Gasteiger partial charge in [-0.25, -0.2) is 9.97 Å². The molecule has 0 unspecified atom stereocenters. The number of nitrogens with zero attached hydrogens (tertiary/aromatic N) is 3. The Balaban J connectivity index is 1.34. The van der Waals surface area contributed by atoms with Gasteiger partial charge in [-0.1, -0.05) is 6.07 Å². The number of amides is 3. The molecule has 3 aromatic heterocycles. The number of nitrogens with one attached hydrogen (secondary N) is 2. The molecule has 35 heavy (non-hydrogen) atoms. The zero-order valence-electron chi connectivity index (χ0n) is 20.0. The lowest BCUT2D eigenvalue weighted by Gasteiger charge is -2.34. The molecule has 1 aliphatic carbocycles. The van der Waals surface area contributed by atoms with Crippen LogP contribution in [0.2, 0.25) is 0 Å². The van der Waals surface area contributed by atoms with Gasteiger partial charge in [0.05, 0.1) is 0 Å². The maximum absolute atomic E-state index is 13.3. The second kappa shape index (κ2) is 9.48. The molecule has 9 nitrogen and oxygen atoms in total. The Hall–Kier alpha value is -3.75. The van der Waals surface area contributed by atoms with Gasteiger partial charge in [-0.2, -0.15) is 0 Å². The molecule has 3 amide bonds. The highest BCUT2D eigenvalue weighted by Crippen LogP contribution is 2.34. The summed E-state index contributed by atoms with van der Waals surface area (Å²) < 4.78 is 5.84. The van der Waals surface area contributed by atoms with E-state index in [1.165, 1.54) is 0 Å². The molecule has 1 aliphatic heterocycles. The highest BCUT2D eigenvalue weighted by atomic mass is 16.3. The first-order chi connectivity index (χ1) is 16.9. The van der Waals surface area contributed by atoms with Crippen LogP contribution in [-0.2, 0) is 9.59 Å². The minimum atomic E-state index is -0.511. The van der Waals surface area contributed by atoms with Crippen molar-refractivity contribution in [3.63, 3.8) is 0 Å². The van der Waals surface area contributed by atoms with E-state index in [2.05, 4.69) is 20.6 Å². The number of furan rings is 1. The van der Waals surface area contributed by atoms with E-state index >= 15 is 0 Å². The van der Waals surface area contributed by atoms with Gasteiger partial charge in [-0.05, 0) is 69.7 Å². The van der Waals surface area contributed by atoms with Crippen LogP contribution in [0, 0.1) is 19.8 Å². The van der Waals surface area contributed by atoms with Crippen LogP contribution in [-0.4, -0.2) is 45.2 Å². The van der Waals surface area contributed by atoms with Gasteiger partial charge < -0.3 is 20.0 Å². The molecule has 0 aromatic carbocycles. The molecule has 182 valence electrons. The average Bonchev–Trinajstić information content (AvgIpc) is 3.44. The zero-order chi connectivity index (χ0) is 24.5. The molecule has 0 atom stereocenters. The first-order valence-corrected chi connectivity index (χ1v) is 12.1. The van der Waals surface area contributed by atoms with Crippen LogP contribution in [0.1, 0.15) is 60.3 Å². The average molecular weight is 476 g/mol. The number of anilines is 2. The van der Waals surface area contributed by atoms with Crippen LogP contribution in [0.4, 0.5) is 11.5 Å². The van der Waals surface area contributed by atoms with Gasteiger partial charge in [-0.3, -0.25) is 14.4 Å². The van der Waals surface area contributed by atoms with E-state index in [0.29, 0.717) is 36.2 Å². The summed E-state index contributed by atoms with van der Waals surface area (Å²) >= 11 is 0. The van der Waals surface area contributed by atoms with Crippen molar-refractivity contribution in [3.8, 4) is 0 Å². The molecule has 9 heteroatoms. The predicted octanol–water partition coefficient (Wildman–Crippen LogP) is 4.21. The number of hydrogen-bond acceptors (Lipinski definition) is 6. The largest absolute Gasteiger partial charge is 0.447 e. The number of likely N-dealkylation sites (tertiary alicyclic amines) is 1. The van der Waals surface area contributed by atoms with Crippen molar-refractivity contribution >= 4 is 40.3 Å². The Morgan fingerprint density at radius 1 is 1.06 bits per heavy atom. The van der Waals surface area contributed by atoms with E-state index in [-0.39, 0.29) is 35.2 Å². The van der Waals surface area contributed by atoms with Gasteiger partial charge in [-0.15, -0.1) is 0 Å². The minimum Gasteiger partial charge on any atom is -0.447 e. The number of hydrogen-bond donors (Lipinski definition) is 2. The lowest BCUT2D eigenvalue weighted by Crippen LogP contribution is -2.40. The maximum Gasteiger partial charge on any atom is 0.294 e. The third kappa shape index (κ3) is 4.76. The normalized spacial score (nSPS) is 20.3. The zero-order valence-corrected chi connectivity index (χ0v) is 20.0. The summed E-state index contributed by atoms with van der Waals surface area (Å²) in [6, 6.07) is 7.31. The van der Waals surface area contributed by atoms with Gasteiger partial charge in [0, 0.05) is 36.8 Å². The minimum absolute atomic E-state index is 0.00910. The van der Waals surface area contributed by atoms with E-state index in [9.17, 15) is 14.4 Å². The number of aryl methyl sites for hydroxylation is 2. The number of pyridine rings is 2. The fraction of sp³-hybridized carbons (Fsp3) is 0.423. The fourth-order valence-corrected chi connectivity index (χ4v) is 4.99. The van der Waals surface area contributed by atoms with Gasteiger partial charge >= 0.3 is 0 Å². The molecule has 5 rings (SSSR count). The third-order valence-corrected chi connectivity index (χ3v) is 6.90. The molecule has 0 spiro atoms. The van der Waals surface area contributed by atoms with Crippen LogP contribution >= 0.6 is 0 Å². The molecule has 1 saturated heterocycles. The quantitative estimate of drug-likeness (QED) is 0.571. The van der Waals surface area contributed by atoms with Crippen molar-refractivity contribution in [2.45, 2.75) is 58.4 Å². The highest BCUT2D eigenvalue weighted by Gasteiger charge is 2.34. The Labute approximate surface area is 203 Å². The van der Waals surface area contributed by atoms with Crippen LogP contribution in [0.25, 0.3) is 11.1 Å². The summed E-state index contributed by atoms with van der Waals surface area (Å²) in [7, 11) is 0. The first-order valence-electron chi connectivity index (χ1n) is 12.1. The molecule has 2 N–H and O–H groups in total. The number of carbonyl (C=O) groups excluding carboxylic acids is 3. The van der Waals surface area contributed by atoms with E-state index < -0.39 is 5.91 Å². The molecule has 1 saturated carbocycles. The SMILES string of the molecule is Cc1ccc(NC(=O)c2oc3ccc(C)nc3c2NC(=O)C2CCC(N3CCCC3=O)CC2)nc1. The molecule has 0 radical (unpaired) electrons. The van der Waals surface area contributed by atoms with Gasteiger partial charge in [0.2, 0.25) is 17.6 Å². The van der Waals surface area contributed by atoms with Crippen LogP contribution < -0.4 is 10.6 Å². The lowest BCUT2D eigenvalue weighted by molar-refractivity contribution is -0.130. The second-order valence-electron chi connectivity index (χ2n) is 9.47. The first kappa shape index (κ1) is 23.0. The third-order valence-electron chi connectivity index (χ3n) is 6.90. The van der Waals surface area contributed by atoms with Gasteiger partial charge in [0.15, 0.2) is 5.58 Å². The predicted molar refractivity (Wildman–Crippen MR) is 131 cm³/mol. The second-order valence-corrected chi connectivity index (χ2v) is 9.47. The number of carbonyl (C=O) groups is 3. The lowest BCUT2D eigenvalue weighted by atomic mass is 9.84. The number of rotatable bonds is 5. The van der Waals surface area contributed by atoms with Crippen LogP contribution in [0.15, 0.2) is 34.9 Å². The van der Waals surface area contributed by atoms with E-state index in [1.807, 2.05) is 24.8 Å². The summed E-state index contributed by atoms with van der Waals surface area (Å²) in [5.74, 6) is -0.271.